The third-order valence-electron chi connectivity index (χ3n) is 3.21. The zero-order valence-electron chi connectivity index (χ0n) is 12.9. The number of aromatic nitrogens is 1. The second-order valence-corrected chi connectivity index (χ2v) is 6.00. The van der Waals surface area contributed by atoms with Gasteiger partial charge in [0.15, 0.2) is 0 Å². The number of nitrogen functional groups attached to an aromatic ring is 1. The molecule has 0 aliphatic heterocycles. The number of hydrogen-bond donors (Lipinski definition) is 2. The van der Waals surface area contributed by atoms with Crippen molar-refractivity contribution in [3.05, 3.63) is 48.2 Å². The molecule has 4 nitrogen and oxygen atoms in total. The Morgan fingerprint density at radius 3 is 2.52 bits per heavy atom. The Morgan fingerprint density at radius 1 is 1.14 bits per heavy atom. The lowest BCUT2D eigenvalue weighted by molar-refractivity contribution is 0.334. The van der Waals surface area contributed by atoms with Gasteiger partial charge in [0.25, 0.3) is 0 Å². The van der Waals surface area contributed by atoms with Crippen LogP contribution in [0.4, 0.5) is 11.5 Å². The number of para-hydroxylation sites is 2. The normalized spacial score (nSPS) is 11.2. The molecule has 0 radical (unpaired) electrons. The van der Waals surface area contributed by atoms with Gasteiger partial charge < -0.3 is 15.8 Å². The molecule has 112 valence electrons. The molecule has 21 heavy (non-hydrogen) atoms. The van der Waals surface area contributed by atoms with E-state index in [9.17, 15) is 0 Å². The predicted octanol–water partition coefficient (Wildman–Crippen LogP) is 3.45. The molecule has 0 amide bonds. The molecule has 0 bridgehead atoms. The van der Waals surface area contributed by atoms with E-state index >= 15 is 0 Å². The van der Waals surface area contributed by atoms with E-state index in [1.165, 1.54) is 5.56 Å². The van der Waals surface area contributed by atoms with Crippen LogP contribution in [0.3, 0.4) is 0 Å². The van der Waals surface area contributed by atoms with Crippen LogP contribution in [0, 0.1) is 0 Å². The number of hydrogen-bond acceptors (Lipinski definition) is 4. The third-order valence-corrected chi connectivity index (χ3v) is 3.21. The number of anilines is 2. The highest BCUT2D eigenvalue weighted by Gasteiger charge is 2.13. The molecular weight excluding hydrogens is 262 g/mol. The van der Waals surface area contributed by atoms with Crippen LogP contribution in [0.25, 0.3) is 0 Å². The van der Waals surface area contributed by atoms with Gasteiger partial charge >= 0.3 is 0 Å². The third kappa shape index (κ3) is 4.38. The summed E-state index contributed by atoms with van der Waals surface area (Å²) in [6.45, 7) is 7.74. The van der Waals surface area contributed by atoms with Crippen molar-refractivity contribution >= 4 is 11.5 Å². The lowest BCUT2D eigenvalue weighted by atomic mass is 9.88. The fourth-order valence-electron chi connectivity index (χ4n) is 1.89. The quantitative estimate of drug-likeness (QED) is 0.652. The maximum Gasteiger partial charge on any atom is 0.142 e. The molecule has 0 atom stereocenters. The summed E-state index contributed by atoms with van der Waals surface area (Å²) < 4.78 is 5.62. The molecule has 1 aromatic heterocycles. The molecule has 0 spiro atoms. The van der Waals surface area contributed by atoms with Crippen molar-refractivity contribution in [2.75, 3.05) is 24.2 Å². The summed E-state index contributed by atoms with van der Waals surface area (Å²) >= 11 is 0. The summed E-state index contributed by atoms with van der Waals surface area (Å²) in [5.41, 5.74) is 7.82. The van der Waals surface area contributed by atoms with Crippen LogP contribution in [-0.2, 0) is 5.41 Å². The zero-order valence-corrected chi connectivity index (χ0v) is 12.9. The molecule has 0 aliphatic carbocycles. The number of nitrogens with zero attached hydrogens (tertiary/aromatic N) is 1. The molecule has 1 heterocycles. The van der Waals surface area contributed by atoms with Crippen LogP contribution in [0.1, 0.15) is 26.3 Å². The molecular formula is C17H23N3O. The Labute approximate surface area is 126 Å². The summed E-state index contributed by atoms with van der Waals surface area (Å²) in [6, 6.07) is 11.6. The fraction of sp³-hybridized carbons (Fsp3) is 0.353. The fourth-order valence-corrected chi connectivity index (χ4v) is 1.89. The standard InChI is InChI=1S/C17H23N3O/c1-17(2,3)13-8-9-16(20-12-13)19-10-11-21-15-7-5-4-6-14(15)18/h4-9,12H,10-11,18H2,1-3H3,(H,19,20). The van der Waals surface area contributed by atoms with E-state index in [0.29, 0.717) is 18.8 Å². The van der Waals surface area contributed by atoms with E-state index in [0.717, 1.165) is 11.6 Å². The van der Waals surface area contributed by atoms with Crippen molar-refractivity contribution in [2.24, 2.45) is 0 Å². The van der Waals surface area contributed by atoms with Crippen LogP contribution in [0.2, 0.25) is 0 Å². The van der Waals surface area contributed by atoms with Crippen LogP contribution in [-0.4, -0.2) is 18.1 Å². The highest BCUT2D eigenvalue weighted by molar-refractivity contribution is 5.51. The number of nitrogens with two attached hydrogens (primary N) is 1. The Bertz CT molecular complexity index is 573. The second kappa shape index (κ2) is 6.48. The van der Waals surface area contributed by atoms with Crippen molar-refractivity contribution in [2.45, 2.75) is 26.2 Å². The van der Waals surface area contributed by atoms with Crippen molar-refractivity contribution < 1.29 is 4.74 Å². The van der Waals surface area contributed by atoms with Crippen molar-refractivity contribution in [1.29, 1.82) is 0 Å². The highest BCUT2D eigenvalue weighted by atomic mass is 16.5. The van der Waals surface area contributed by atoms with Gasteiger partial charge in [-0.3, -0.25) is 0 Å². The van der Waals surface area contributed by atoms with E-state index in [-0.39, 0.29) is 5.41 Å². The maximum absolute atomic E-state index is 5.81. The minimum absolute atomic E-state index is 0.124. The summed E-state index contributed by atoms with van der Waals surface area (Å²) in [7, 11) is 0. The SMILES string of the molecule is CC(C)(C)c1ccc(NCCOc2ccccc2N)nc1. The van der Waals surface area contributed by atoms with Gasteiger partial charge in [0.05, 0.1) is 12.2 Å². The van der Waals surface area contributed by atoms with Gasteiger partial charge in [-0.15, -0.1) is 0 Å². The molecule has 4 heteroatoms. The smallest absolute Gasteiger partial charge is 0.142 e. The van der Waals surface area contributed by atoms with Gasteiger partial charge in [0.2, 0.25) is 0 Å². The van der Waals surface area contributed by atoms with Gasteiger partial charge in [0.1, 0.15) is 18.2 Å². The lowest BCUT2D eigenvalue weighted by Crippen LogP contribution is -2.14. The number of benzene rings is 1. The summed E-state index contributed by atoms with van der Waals surface area (Å²) in [5.74, 6) is 1.57. The summed E-state index contributed by atoms with van der Waals surface area (Å²) in [5, 5.41) is 3.24. The molecule has 2 rings (SSSR count). The van der Waals surface area contributed by atoms with E-state index in [4.69, 9.17) is 10.5 Å². The van der Waals surface area contributed by atoms with Crippen LogP contribution < -0.4 is 15.8 Å². The molecule has 1 aromatic carbocycles. The van der Waals surface area contributed by atoms with E-state index < -0.39 is 0 Å². The van der Waals surface area contributed by atoms with E-state index in [1.54, 1.807) is 0 Å². The average molecular weight is 285 g/mol. The van der Waals surface area contributed by atoms with Gasteiger partial charge in [-0.2, -0.15) is 0 Å². The highest BCUT2D eigenvalue weighted by Crippen LogP contribution is 2.22. The monoisotopic (exact) mass is 285 g/mol. The van der Waals surface area contributed by atoms with E-state index in [2.05, 4.69) is 37.1 Å². The van der Waals surface area contributed by atoms with Crippen molar-refractivity contribution in [1.82, 2.24) is 4.98 Å². The number of rotatable bonds is 5. The Kier molecular flexibility index (Phi) is 4.68. The number of ether oxygens (including phenoxy) is 1. The first-order valence-corrected chi connectivity index (χ1v) is 7.14. The van der Waals surface area contributed by atoms with Gasteiger partial charge in [0, 0.05) is 6.20 Å². The Balaban J connectivity index is 1.80. The minimum atomic E-state index is 0.124. The molecule has 2 aromatic rings. The minimum Gasteiger partial charge on any atom is -0.490 e. The molecule has 3 N–H and O–H groups in total. The number of nitrogens with one attached hydrogen (secondary N) is 1. The molecule has 0 aliphatic rings. The average Bonchev–Trinajstić information content (AvgIpc) is 2.45. The van der Waals surface area contributed by atoms with Gasteiger partial charge in [-0.25, -0.2) is 4.98 Å². The predicted molar refractivity (Wildman–Crippen MR) is 87.8 cm³/mol. The second-order valence-electron chi connectivity index (χ2n) is 6.00. The van der Waals surface area contributed by atoms with Gasteiger partial charge in [-0.05, 0) is 29.2 Å². The zero-order chi connectivity index (χ0) is 15.3. The molecule has 0 unspecified atom stereocenters. The molecule has 0 saturated heterocycles. The summed E-state index contributed by atoms with van der Waals surface area (Å²) in [4.78, 5) is 4.42. The van der Waals surface area contributed by atoms with E-state index in [1.807, 2.05) is 36.5 Å². The Morgan fingerprint density at radius 2 is 1.90 bits per heavy atom. The lowest BCUT2D eigenvalue weighted by Gasteiger charge is -2.18. The summed E-state index contributed by atoms with van der Waals surface area (Å²) in [6.07, 6.45) is 1.92. The van der Waals surface area contributed by atoms with Crippen molar-refractivity contribution in [3.63, 3.8) is 0 Å². The number of pyridine rings is 1. The van der Waals surface area contributed by atoms with Crippen molar-refractivity contribution in [3.8, 4) is 5.75 Å². The first kappa shape index (κ1) is 15.2. The maximum atomic E-state index is 5.81. The van der Waals surface area contributed by atoms with Gasteiger partial charge in [-0.1, -0.05) is 39.0 Å². The first-order valence-electron chi connectivity index (χ1n) is 7.14. The van der Waals surface area contributed by atoms with Crippen LogP contribution in [0.15, 0.2) is 42.6 Å². The topological polar surface area (TPSA) is 60.2 Å². The Hall–Kier alpha value is -2.23. The van der Waals surface area contributed by atoms with Crippen LogP contribution >= 0.6 is 0 Å². The molecule has 0 saturated carbocycles. The first-order chi connectivity index (χ1) is 9.97. The van der Waals surface area contributed by atoms with Crippen LogP contribution in [0.5, 0.6) is 5.75 Å². The molecule has 0 fully saturated rings. The largest absolute Gasteiger partial charge is 0.490 e.